The summed E-state index contributed by atoms with van der Waals surface area (Å²) < 4.78 is 0. The minimum absolute atomic E-state index is 0.0979. The molecule has 5 heteroatoms. The molecule has 0 saturated carbocycles. The molecule has 1 aromatic rings. The van der Waals surface area contributed by atoms with Gasteiger partial charge in [-0.2, -0.15) is 4.89 Å². The molecule has 1 aliphatic rings. The number of amides is 1. The SMILES string of the molecule is O=C(/C=C/CCNC(=O)C1=COOCC1)CCc1ccccc1. The van der Waals surface area contributed by atoms with Crippen LogP contribution in [0.3, 0.4) is 0 Å². The van der Waals surface area contributed by atoms with Gasteiger partial charge in [-0.05, 0) is 24.5 Å². The summed E-state index contributed by atoms with van der Waals surface area (Å²) in [6.07, 6.45) is 7.11. The van der Waals surface area contributed by atoms with E-state index in [1.165, 1.54) is 6.26 Å². The number of rotatable bonds is 8. The molecule has 122 valence electrons. The molecule has 0 atom stereocenters. The molecule has 0 spiro atoms. The first kappa shape index (κ1) is 17.0. The van der Waals surface area contributed by atoms with Crippen molar-refractivity contribution in [1.82, 2.24) is 5.32 Å². The van der Waals surface area contributed by atoms with E-state index in [9.17, 15) is 9.59 Å². The van der Waals surface area contributed by atoms with E-state index in [1.54, 1.807) is 12.2 Å². The summed E-state index contributed by atoms with van der Waals surface area (Å²) in [5.74, 6) is -0.0576. The first-order valence-electron chi connectivity index (χ1n) is 7.74. The quantitative estimate of drug-likeness (QED) is 0.455. The van der Waals surface area contributed by atoms with Crippen molar-refractivity contribution in [3.8, 4) is 0 Å². The molecule has 0 fully saturated rings. The van der Waals surface area contributed by atoms with Crippen molar-refractivity contribution in [2.45, 2.75) is 25.7 Å². The van der Waals surface area contributed by atoms with Crippen LogP contribution in [0, 0.1) is 0 Å². The Hall–Kier alpha value is -2.40. The Morgan fingerprint density at radius 2 is 2.04 bits per heavy atom. The van der Waals surface area contributed by atoms with E-state index < -0.39 is 0 Å². The van der Waals surface area contributed by atoms with Gasteiger partial charge in [0.2, 0.25) is 0 Å². The molecule has 1 heterocycles. The second-order valence-electron chi connectivity index (χ2n) is 5.21. The van der Waals surface area contributed by atoms with Crippen LogP contribution in [0.2, 0.25) is 0 Å². The molecule has 0 unspecified atom stereocenters. The van der Waals surface area contributed by atoms with Gasteiger partial charge in [0.25, 0.3) is 5.91 Å². The molecule has 1 aliphatic heterocycles. The van der Waals surface area contributed by atoms with Crippen LogP contribution in [-0.4, -0.2) is 24.8 Å². The number of allylic oxidation sites excluding steroid dienone is 1. The summed E-state index contributed by atoms with van der Waals surface area (Å²) in [6, 6.07) is 9.93. The molecular formula is C18H21NO4. The summed E-state index contributed by atoms with van der Waals surface area (Å²) in [4.78, 5) is 32.8. The molecule has 0 radical (unpaired) electrons. The zero-order valence-electron chi connectivity index (χ0n) is 13.0. The van der Waals surface area contributed by atoms with Crippen LogP contribution in [0.15, 0.2) is 54.3 Å². The zero-order valence-corrected chi connectivity index (χ0v) is 13.0. The first-order valence-corrected chi connectivity index (χ1v) is 7.74. The highest BCUT2D eigenvalue weighted by Crippen LogP contribution is 2.08. The lowest BCUT2D eigenvalue weighted by Crippen LogP contribution is -2.27. The van der Waals surface area contributed by atoms with E-state index in [-0.39, 0.29) is 11.7 Å². The monoisotopic (exact) mass is 315 g/mol. The standard InChI is InChI=1S/C18H21NO4/c20-17(10-9-15-6-2-1-3-7-15)8-4-5-12-19-18(21)16-11-13-22-23-14-16/h1-4,6-8,14H,5,9-13H2,(H,19,21)/b8-4+. The Morgan fingerprint density at radius 1 is 1.22 bits per heavy atom. The van der Waals surface area contributed by atoms with E-state index in [4.69, 9.17) is 0 Å². The van der Waals surface area contributed by atoms with Gasteiger partial charge < -0.3 is 10.2 Å². The normalized spacial score (nSPS) is 14.2. The van der Waals surface area contributed by atoms with Crippen molar-refractivity contribution < 1.29 is 19.4 Å². The average Bonchev–Trinajstić information content (AvgIpc) is 2.61. The zero-order chi connectivity index (χ0) is 16.3. The number of ketones is 1. The fraction of sp³-hybridized carbons (Fsp3) is 0.333. The topological polar surface area (TPSA) is 64.6 Å². The van der Waals surface area contributed by atoms with Gasteiger partial charge in [-0.3, -0.25) is 9.59 Å². The highest BCUT2D eigenvalue weighted by molar-refractivity contribution is 5.93. The summed E-state index contributed by atoms with van der Waals surface area (Å²) in [5, 5.41) is 2.78. The Kier molecular flexibility index (Phi) is 7.07. The third-order valence-corrected chi connectivity index (χ3v) is 3.41. The fourth-order valence-electron chi connectivity index (χ4n) is 2.11. The van der Waals surface area contributed by atoms with Gasteiger partial charge in [0.05, 0.1) is 12.2 Å². The number of nitrogens with one attached hydrogen (secondary N) is 1. The predicted molar refractivity (Wildman–Crippen MR) is 86.3 cm³/mol. The molecular weight excluding hydrogens is 294 g/mol. The third-order valence-electron chi connectivity index (χ3n) is 3.41. The van der Waals surface area contributed by atoms with Crippen molar-refractivity contribution in [2.24, 2.45) is 0 Å². The molecule has 1 aromatic carbocycles. The van der Waals surface area contributed by atoms with Crippen molar-refractivity contribution in [2.75, 3.05) is 13.2 Å². The van der Waals surface area contributed by atoms with E-state index in [2.05, 4.69) is 15.1 Å². The van der Waals surface area contributed by atoms with Crippen LogP contribution in [0.25, 0.3) is 0 Å². The van der Waals surface area contributed by atoms with E-state index in [0.717, 1.165) is 12.0 Å². The van der Waals surface area contributed by atoms with Gasteiger partial charge in [0.15, 0.2) is 5.78 Å². The smallest absolute Gasteiger partial charge is 0.250 e. The number of aryl methyl sites for hydroxylation is 1. The Morgan fingerprint density at radius 3 is 2.78 bits per heavy atom. The van der Waals surface area contributed by atoms with Crippen LogP contribution in [0.5, 0.6) is 0 Å². The van der Waals surface area contributed by atoms with Gasteiger partial charge in [-0.25, -0.2) is 0 Å². The third kappa shape index (κ3) is 6.48. The van der Waals surface area contributed by atoms with Crippen molar-refractivity contribution in [3.05, 3.63) is 59.9 Å². The van der Waals surface area contributed by atoms with E-state index >= 15 is 0 Å². The number of benzene rings is 1. The fourth-order valence-corrected chi connectivity index (χ4v) is 2.11. The van der Waals surface area contributed by atoms with E-state index in [1.807, 2.05) is 30.3 Å². The molecule has 23 heavy (non-hydrogen) atoms. The number of hydrogen-bond donors (Lipinski definition) is 1. The molecule has 0 bridgehead atoms. The molecule has 1 amide bonds. The Labute approximate surface area is 135 Å². The van der Waals surface area contributed by atoms with Crippen molar-refractivity contribution in [3.63, 3.8) is 0 Å². The molecule has 0 saturated heterocycles. The second-order valence-corrected chi connectivity index (χ2v) is 5.21. The van der Waals surface area contributed by atoms with Crippen molar-refractivity contribution in [1.29, 1.82) is 0 Å². The first-order chi connectivity index (χ1) is 11.3. The van der Waals surface area contributed by atoms with Crippen LogP contribution < -0.4 is 5.32 Å². The van der Waals surface area contributed by atoms with Gasteiger partial charge in [0, 0.05) is 19.4 Å². The Bertz CT molecular complexity index is 578. The maximum Gasteiger partial charge on any atom is 0.250 e. The highest BCUT2D eigenvalue weighted by atomic mass is 17.2. The molecule has 2 rings (SSSR count). The van der Waals surface area contributed by atoms with Crippen LogP contribution in [0.4, 0.5) is 0 Å². The summed E-state index contributed by atoms with van der Waals surface area (Å²) in [6.45, 7) is 0.870. The summed E-state index contributed by atoms with van der Waals surface area (Å²) in [7, 11) is 0. The average molecular weight is 315 g/mol. The lowest BCUT2D eigenvalue weighted by molar-refractivity contribution is -0.256. The van der Waals surface area contributed by atoms with Gasteiger partial charge in [-0.1, -0.05) is 36.4 Å². The van der Waals surface area contributed by atoms with Gasteiger partial charge in [0.1, 0.15) is 6.26 Å². The minimum Gasteiger partial charge on any atom is -0.352 e. The summed E-state index contributed by atoms with van der Waals surface area (Å²) >= 11 is 0. The predicted octanol–water partition coefficient (Wildman–Crippen LogP) is 2.49. The van der Waals surface area contributed by atoms with Crippen LogP contribution in [-0.2, 0) is 25.8 Å². The maximum atomic E-state index is 11.7. The second kappa shape index (κ2) is 9.58. The van der Waals surface area contributed by atoms with Crippen molar-refractivity contribution >= 4 is 11.7 Å². The van der Waals surface area contributed by atoms with Gasteiger partial charge in [-0.15, -0.1) is 0 Å². The molecule has 0 aromatic heterocycles. The maximum absolute atomic E-state index is 11.7. The molecule has 0 aliphatic carbocycles. The van der Waals surface area contributed by atoms with Gasteiger partial charge >= 0.3 is 0 Å². The lowest BCUT2D eigenvalue weighted by atomic mass is 10.1. The van der Waals surface area contributed by atoms with E-state index in [0.29, 0.717) is 38.0 Å². The highest BCUT2D eigenvalue weighted by Gasteiger charge is 2.12. The largest absolute Gasteiger partial charge is 0.352 e. The number of hydrogen-bond acceptors (Lipinski definition) is 4. The lowest BCUT2D eigenvalue weighted by Gasteiger charge is -2.11. The van der Waals surface area contributed by atoms with Crippen LogP contribution >= 0.6 is 0 Å². The minimum atomic E-state index is -0.155. The molecule has 5 nitrogen and oxygen atoms in total. The number of carbonyl (C=O) groups excluding carboxylic acids is 2. The van der Waals surface area contributed by atoms with Crippen LogP contribution in [0.1, 0.15) is 24.8 Å². The summed E-state index contributed by atoms with van der Waals surface area (Å²) in [5.41, 5.74) is 1.73. The Balaban J connectivity index is 1.59. The molecule has 1 N–H and O–H groups in total. The number of carbonyl (C=O) groups is 2.